The number of urea groups is 1. The van der Waals surface area contributed by atoms with Crippen LogP contribution in [0.25, 0.3) is 0 Å². The van der Waals surface area contributed by atoms with E-state index < -0.39 is 0 Å². The first-order valence-corrected chi connectivity index (χ1v) is 9.47. The molecule has 0 aromatic heterocycles. The fourth-order valence-corrected chi connectivity index (χ4v) is 3.20. The van der Waals surface area contributed by atoms with E-state index in [4.69, 9.17) is 16.4 Å². The molecule has 2 aromatic carbocycles. The maximum Gasteiger partial charge on any atom is 0.318 e. The van der Waals surface area contributed by atoms with Crippen LogP contribution in [0.4, 0.5) is 4.79 Å². The Labute approximate surface area is 165 Å². The van der Waals surface area contributed by atoms with Crippen molar-refractivity contribution in [3.8, 4) is 0 Å². The van der Waals surface area contributed by atoms with Gasteiger partial charge >= 0.3 is 6.03 Å². The van der Waals surface area contributed by atoms with Crippen LogP contribution < -0.4 is 5.32 Å². The first-order valence-electron chi connectivity index (χ1n) is 9.09. The Hall–Kier alpha value is -2.53. The fraction of sp³-hybridized carbons (Fsp3) is 0.333. The van der Waals surface area contributed by atoms with Gasteiger partial charge in [-0.3, -0.25) is 0 Å². The molecule has 3 rings (SSSR count). The molecule has 0 saturated heterocycles. The minimum Gasteiger partial charge on any atom is -0.390 e. The summed E-state index contributed by atoms with van der Waals surface area (Å²) in [4.78, 5) is 20.0. The van der Waals surface area contributed by atoms with Crippen LogP contribution in [0.1, 0.15) is 31.4 Å². The van der Waals surface area contributed by atoms with Gasteiger partial charge in [0.1, 0.15) is 0 Å². The molecule has 1 N–H and O–H groups in total. The van der Waals surface area contributed by atoms with E-state index in [2.05, 4.69) is 10.5 Å². The van der Waals surface area contributed by atoms with E-state index >= 15 is 0 Å². The molecule has 0 saturated carbocycles. The summed E-state index contributed by atoms with van der Waals surface area (Å²) in [6, 6.07) is 17.4. The molecule has 2 amide bonds. The van der Waals surface area contributed by atoms with Gasteiger partial charge in [0, 0.05) is 24.0 Å². The highest BCUT2D eigenvalue weighted by atomic mass is 35.5. The molecule has 27 heavy (non-hydrogen) atoms. The van der Waals surface area contributed by atoms with E-state index in [1.165, 1.54) is 0 Å². The molecular weight excluding hydrogens is 362 g/mol. The normalized spacial score (nSPS) is 16.0. The van der Waals surface area contributed by atoms with Crippen molar-refractivity contribution in [2.45, 2.75) is 39.0 Å². The number of hydrogen-bond acceptors (Lipinski definition) is 3. The second-order valence-electron chi connectivity index (χ2n) is 6.95. The first-order chi connectivity index (χ1) is 13.0. The quantitative estimate of drug-likeness (QED) is 0.798. The number of carbonyl (C=O) groups excluding carboxylic acids is 1. The summed E-state index contributed by atoms with van der Waals surface area (Å²) in [5, 5.41) is 7.83. The largest absolute Gasteiger partial charge is 0.390 e. The topological polar surface area (TPSA) is 53.9 Å². The minimum absolute atomic E-state index is 0.0555. The van der Waals surface area contributed by atoms with Crippen molar-refractivity contribution >= 4 is 23.3 Å². The lowest BCUT2D eigenvalue weighted by Crippen LogP contribution is -2.45. The molecule has 1 heterocycles. The van der Waals surface area contributed by atoms with Crippen molar-refractivity contribution in [3.63, 3.8) is 0 Å². The van der Waals surface area contributed by atoms with Crippen molar-refractivity contribution < 1.29 is 9.63 Å². The molecule has 0 radical (unpaired) electrons. The SMILES string of the molecule is CC(C)NC(=O)N(Cc1cccc(Cl)c1)C[C@H]1CC(c2ccccc2)=NO1. The summed E-state index contributed by atoms with van der Waals surface area (Å²) in [5.41, 5.74) is 2.93. The predicted molar refractivity (Wildman–Crippen MR) is 108 cm³/mol. The van der Waals surface area contributed by atoms with Gasteiger partial charge in [0.2, 0.25) is 0 Å². The maximum absolute atomic E-state index is 12.7. The van der Waals surface area contributed by atoms with Crippen LogP contribution in [0.5, 0.6) is 0 Å². The summed E-state index contributed by atoms with van der Waals surface area (Å²) in [6.07, 6.45) is 0.502. The van der Waals surface area contributed by atoms with Crippen LogP contribution in [0.3, 0.4) is 0 Å². The molecular formula is C21H24ClN3O2. The number of amides is 2. The minimum atomic E-state index is -0.169. The zero-order valence-electron chi connectivity index (χ0n) is 15.6. The van der Waals surface area contributed by atoms with E-state index in [0.717, 1.165) is 16.8 Å². The highest BCUT2D eigenvalue weighted by molar-refractivity contribution is 6.30. The number of carbonyl (C=O) groups is 1. The molecule has 5 nitrogen and oxygen atoms in total. The lowest BCUT2D eigenvalue weighted by Gasteiger charge is -2.26. The Morgan fingerprint density at radius 1 is 1.26 bits per heavy atom. The van der Waals surface area contributed by atoms with Crippen LogP contribution >= 0.6 is 11.6 Å². The second-order valence-corrected chi connectivity index (χ2v) is 7.39. The van der Waals surface area contributed by atoms with Gasteiger partial charge in [0.15, 0.2) is 6.10 Å². The standard InChI is InChI=1S/C21H24ClN3O2/c1-15(2)23-21(26)25(13-16-7-6-10-18(22)11-16)14-19-12-20(24-27-19)17-8-4-3-5-9-17/h3-11,15,19H,12-14H2,1-2H3,(H,23,26)/t19-/m1/s1. The molecule has 1 aliphatic rings. The zero-order chi connectivity index (χ0) is 19.2. The molecule has 0 unspecified atom stereocenters. The number of nitrogens with zero attached hydrogens (tertiary/aromatic N) is 2. The first kappa shape index (κ1) is 19.2. The van der Waals surface area contributed by atoms with E-state index in [9.17, 15) is 4.79 Å². The Bertz CT molecular complexity index is 808. The van der Waals surface area contributed by atoms with Crippen LogP contribution in [-0.4, -0.2) is 35.3 Å². The fourth-order valence-electron chi connectivity index (χ4n) is 2.99. The smallest absolute Gasteiger partial charge is 0.318 e. The van der Waals surface area contributed by atoms with Gasteiger partial charge in [-0.05, 0) is 37.1 Å². The lowest BCUT2D eigenvalue weighted by molar-refractivity contribution is 0.0586. The summed E-state index contributed by atoms with van der Waals surface area (Å²) < 4.78 is 0. The molecule has 1 atom stereocenters. The Kier molecular flexibility index (Phi) is 6.35. The average Bonchev–Trinajstić information content (AvgIpc) is 3.10. The van der Waals surface area contributed by atoms with Gasteiger partial charge in [-0.15, -0.1) is 0 Å². The van der Waals surface area contributed by atoms with Crippen LogP contribution in [0.15, 0.2) is 59.8 Å². The molecule has 0 bridgehead atoms. The van der Waals surface area contributed by atoms with E-state index in [1.807, 2.05) is 68.4 Å². The van der Waals surface area contributed by atoms with Crippen molar-refractivity contribution in [3.05, 3.63) is 70.7 Å². The molecule has 0 spiro atoms. The van der Waals surface area contributed by atoms with Gasteiger partial charge in [-0.2, -0.15) is 0 Å². The molecule has 6 heteroatoms. The van der Waals surface area contributed by atoms with Gasteiger partial charge in [0.25, 0.3) is 0 Å². The average molecular weight is 386 g/mol. The Morgan fingerprint density at radius 3 is 2.74 bits per heavy atom. The molecule has 142 valence electrons. The molecule has 0 aliphatic carbocycles. The third-order valence-electron chi connectivity index (χ3n) is 4.23. The molecule has 2 aromatic rings. The number of halogens is 1. The van der Waals surface area contributed by atoms with Crippen molar-refractivity contribution in [1.29, 1.82) is 0 Å². The van der Waals surface area contributed by atoms with Gasteiger partial charge in [-0.25, -0.2) is 4.79 Å². The van der Waals surface area contributed by atoms with Crippen LogP contribution in [-0.2, 0) is 11.4 Å². The summed E-state index contributed by atoms with van der Waals surface area (Å²) in [6.45, 7) is 4.79. The number of oxime groups is 1. The second kappa shape index (κ2) is 8.91. The number of benzene rings is 2. The summed E-state index contributed by atoms with van der Waals surface area (Å²) in [7, 11) is 0. The zero-order valence-corrected chi connectivity index (χ0v) is 16.3. The van der Waals surface area contributed by atoms with Crippen molar-refractivity contribution in [2.24, 2.45) is 5.16 Å². The number of rotatable bonds is 6. The molecule has 0 fully saturated rings. The van der Waals surface area contributed by atoms with Crippen molar-refractivity contribution in [1.82, 2.24) is 10.2 Å². The predicted octanol–water partition coefficient (Wildman–Crippen LogP) is 4.45. The Balaban J connectivity index is 1.67. The summed E-state index contributed by atoms with van der Waals surface area (Å²) in [5.74, 6) is 0. The molecule has 1 aliphatic heterocycles. The van der Waals surface area contributed by atoms with Gasteiger partial charge < -0.3 is 15.1 Å². The maximum atomic E-state index is 12.7. The Morgan fingerprint density at radius 2 is 2.04 bits per heavy atom. The number of hydrogen-bond donors (Lipinski definition) is 1. The van der Waals surface area contributed by atoms with E-state index in [1.54, 1.807) is 4.90 Å². The van der Waals surface area contributed by atoms with E-state index in [0.29, 0.717) is 24.5 Å². The van der Waals surface area contributed by atoms with Gasteiger partial charge in [-0.1, -0.05) is 59.2 Å². The highest BCUT2D eigenvalue weighted by Crippen LogP contribution is 2.19. The van der Waals surface area contributed by atoms with Crippen LogP contribution in [0.2, 0.25) is 5.02 Å². The third kappa shape index (κ3) is 5.47. The third-order valence-corrected chi connectivity index (χ3v) is 4.46. The summed E-state index contributed by atoms with van der Waals surface area (Å²) >= 11 is 6.09. The number of nitrogens with one attached hydrogen (secondary N) is 1. The monoisotopic (exact) mass is 385 g/mol. The lowest BCUT2D eigenvalue weighted by atomic mass is 10.0. The van der Waals surface area contributed by atoms with E-state index in [-0.39, 0.29) is 18.2 Å². The van der Waals surface area contributed by atoms with Gasteiger partial charge in [0.05, 0.1) is 12.3 Å². The highest BCUT2D eigenvalue weighted by Gasteiger charge is 2.27. The van der Waals surface area contributed by atoms with Crippen molar-refractivity contribution in [2.75, 3.05) is 6.54 Å². The van der Waals surface area contributed by atoms with Crippen LogP contribution in [0, 0.1) is 0 Å².